The summed E-state index contributed by atoms with van der Waals surface area (Å²) in [6.45, 7) is 7.75. The van der Waals surface area contributed by atoms with E-state index in [0.29, 0.717) is 5.84 Å². The minimum atomic E-state index is -0.854. The zero-order valence-electron chi connectivity index (χ0n) is 8.66. The number of carboxylic acids is 1. The molecule has 0 aliphatic carbocycles. The fourth-order valence-electron chi connectivity index (χ4n) is 0.922. The first-order valence-corrected chi connectivity index (χ1v) is 4.46. The summed E-state index contributed by atoms with van der Waals surface area (Å²) >= 11 is 0. The van der Waals surface area contributed by atoms with Gasteiger partial charge in [-0.1, -0.05) is 0 Å². The minimum absolute atomic E-state index is 0.0314. The van der Waals surface area contributed by atoms with E-state index in [1.165, 1.54) is 0 Å². The number of carbonyl (C=O) groups is 1. The molecule has 0 amide bonds. The van der Waals surface area contributed by atoms with Crippen molar-refractivity contribution in [2.45, 2.75) is 46.2 Å². The van der Waals surface area contributed by atoms with Crippen LogP contribution in [0.1, 0.15) is 34.1 Å². The number of nitrogens with zero attached hydrogens (tertiary/aromatic N) is 1. The predicted molar refractivity (Wildman–Crippen MR) is 53.1 cm³/mol. The summed E-state index contributed by atoms with van der Waals surface area (Å²) in [6, 6.07) is 0.345. The van der Waals surface area contributed by atoms with E-state index in [0.717, 1.165) is 0 Å². The van der Waals surface area contributed by atoms with E-state index in [9.17, 15) is 4.79 Å². The highest BCUT2D eigenvalue weighted by molar-refractivity contribution is 5.97. The number of hydrogen-bond acceptors (Lipinski definition) is 2. The summed E-state index contributed by atoms with van der Waals surface area (Å²) in [5.74, 6) is -0.301. The highest BCUT2D eigenvalue weighted by Gasteiger charge is 2.07. The van der Waals surface area contributed by atoms with E-state index in [-0.39, 0.29) is 18.5 Å². The van der Waals surface area contributed by atoms with Crippen LogP contribution < -0.4 is 5.32 Å². The van der Waals surface area contributed by atoms with E-state index in [2.05, 4.69) is 10.3 Å². The van der Waals surface area contributed by atoms with Crippen molar-refractivity contribution >= 4 is 11.8 Å². The maximum Gasteiger partial charge on any atom is 0.310 e. The van der Waals surface area contributed by atoms with E-state index < -0.39 is 5.97 Å². The quantitative estimate of drug-likeness (QED) is 0.513. The van der Waals surface area contributed by atoms with Gasteiger partial charge in [-0.05, 0) is 27.7 Å². The Bertz CT molecular complexity index is 198. The fraction of sp³-hybridized carbons (Fsp3) is 0.778. The topological polar surface area (TPSA) is 61.7 Å². The van der Waals surface area contributed by atoms with Gasteiger partial charge in [0.25, 0.3) is 0 Å². The fourth-order valence-corrected chi connectivity index (χ4v) is 0.922. The molecule has 76 valence electrons. The van der Waals surface area contributed by atoms with Gasteiger partial charge >= 0.3 is 5.97 Å². The Balaban J connectivity index is 4.27. The second-order valence-corrected chi connectivity index (χ2v) is 3.54. The Kier molecular flexibility index (Phi) is 5.11. The number of amidine groups is 1. The first-order chi connectivity index (χ1) is 5.91. The van der Waals surface area contributed by atoms with Crippen molar-refractivity contribution in [3.8, 4) is 0 Å². The second-order valence-electron chi connectivity index (χ2n) is 3.54. The molecule has 13 heavy (non-hydrogen) atoms. The Morgan fingerprint density at radius 3 is 2.23 bits per heavy atom. The normalized spacial score (nSPS) is 12.3. The van der Waals surface area contributed by atoms with Gasteiger partial charge in [-0.3, -0.25) is 9.79 Å². The molecule has 0 aromatic carbocycles. The van der Waals surface area contributed by atoms with Crippen LogP contribution in [0.15, 0.2) is 4.99 Å². The number of aliphatic carboxylic acids is 1. The van der Waals surface area contributed by atoms with Crippen LogP contribution in [0.25, 0.3) is 0 Å². The molecule has 0 aromatic heterocycles. The molecule has 0 rings (SSSR count). The van der Waals surface area contributed by atoms with Gasteiger partial charge in [0.15, 0.2) is 0 Å². The summed E-state index contributed by atoms with van der Waals surface area (Å²) in [6.07, 6.45) is -0.0314. The molecule has 4 nitrogen and oxygen atoms in total. The van der Waals surface area contributed by atoms with Crippen molar-refractivity contribution in [3.63, 3.8) is 0 Å². The van der Waals surface area contributed by atoms with Gasteiger partial charge in [0.05, 0.1) is 0 Å². The Labute approximate surface area is 79.1 Å². The van der Waals surface area contributed by atoms with Gasteiger partial charge in [-0.2, -0.15) is 0 Å². The van der Waals surface area contributed by atoms with Crippen LogP contribution >= 0.6 is 0 Å². The van der Waals surface area contributed by atoms with E-state index in [4.69, 9.17) is 5.11 Å². The third-order valence-corrected chi connectivity index (χ3v) is 1.19. The van der Waals surface area contributed by atoms with Crippen molar-refractivity contribution in [2.24, 2.45) is 4.99 Å². The summed E-state index contributed by atoms with van der Waals surface area (Å²) in [5.41, 5.74) is 0. The SMILES string of the molecule is CC(C)N=C(CC(=O)O)NC(C)C. The smallest absolute Gasteiger partial charge is 0.310 e. The first-order valence-electron chi connectivity index (χ1n) is 4.46. The number of nitrogens with one attached hydrogen (secondary N) is 1. The van der Waals surface area contributed by atoms with Gasteiger partial charge in [0, 0.05) is 12.1 Å². The van der Waals surface area contributed by atoms with Crippen LogP contribution in [-0.4, -0.2) is 29.0 Å². The molecule has 0 aromatic rings. The van der Waals surface area contributed by atoms with Crippen LogP contribution in [0.2, 0.25) is 0 Å². The Morgan fingerprint density at radius 1 is 1.38 bits per heavy atom. The largest absolute Gasteiger partial charge is 0.481 e. The highest BCUT2D eigenvalue weighted by Crippen LogP contribution is 1.93. The first kappa shape index (κ1) is 11.9. The molecule has 0 fully saturated rings. The third kappa shape index (κ3) is 7.31. The zero-order chi connectivity index (χ0) is 10.4. The molecule has 0 spiro atoms. The standard InChI is InChI=1S/C9H18N2O2/c1-6(2)10-8(5-9(12)13)11-7(3)4/h6-7H,5H2,1-4H3,(H,10,11)(H,12,13). The molecule has 0 unspecified atom stereocenters. The number of carboxylic acid groups (broad SMARTS) is 1. The van der Waals surface area contributed by atoms with Gasteiger partial charge in [0.2, 0.25) is 0 Å². The monoisotopic (exact) mass is 186 g/mol. The summed E-state index contributed by atoms with van der Waals surface area (Å²) in [5, 5.41) is 11.6. The lowest BCUT2D eigenvalue weighted by atomic mass is 10.3. The molecular weight excluding hydrogens is 168 g/mol. The highest BCUT2D eigenvalue weighted by atomic mass is 16.4. The molecule has 0 saturated carbocycles. The second kappa shape index (κ2) is 5.56. The van der Waals surface area contributed by atoms with E-state index >= 15 is 0 Å². The van der Waals surface area contributed by atoms with Crippen molar-refractivity contribution in [1.82, 2.24) is 5.32 Å². The van der Waals surface area contributed by atoms with E-state index in [1.54, 1.807) is 0 Å². The number of aliphatic imine (C=N–C) groups is 1. The van der Waals surface area contributed by atoms with Crippen molar-refractivity contribution < 1.29 is 9.90 Å². The lowest BCUT2D eigenvalue weighted by Crippen LogP contribution is -2.32. The van der Waals surface area contributed by atoms with Crippen LogP contribution in [0.5, 0.6) is 0 Å². The molecule has 0 saturated heterocycles. The van der Waals surface area contributed by atoms with Gasteiger partial charge in [0.1, 0.15) is 12.3 Å². The number of rotatable bonds is 4. The van der Waals surface area contributed by atoms with Gasteiger partial charge < -0.3 is 10.4 Å². The van der Waals surface area contributed by atoms with Crippen LogP contribution in [-0.2, 0) is 4.79 Å². The van der Waals surface area contributed by atoms with Crippen LogP contribution in [0, 0.1) is 0 Å². The maximum atomic E-state index is 10.5. The molecule has 0 bridgehead atoms. The van der Waals surface area contributed by atoms with Crippen molar-refractivity contribution in [1.29, 1.82) is 0 Å². The van der Waals surface area contributed by atoms with Crippen LogP contribution in [0.3, 0.4) is 0 Å². The molecular formula is C9H18N2O2. The summed E-state index contributed by atoms with van der Waals surface area (Å²) in [4.78, 5) is 14.6. The zero-order valence-corrected chi connectivity index (χ0v) is 8.66. The maximum absolute atomic E-state index is 10.5. The van der Waals surface area contributed by atoms with Crippen molar-refractivity contribution in [2.75, 3.05) is 0 Å². The summed E-state index contributed by atoms with van der Waals surface area (Å²) < 4.78 is 0. The molecule has 0 atom stereocenters. The third-order valence-electron chi connectivity index (χ3n) is 1.19. The molecule has 2 N–H and O–H groups in total. The predicted octanol–water partition coefficient (Wildman–Crippen LogP) is 1.27. The minimum Gasteiger partial charge on any atom is -0.481 e. The molecule has 0 aliphatic heterocycles. The lowest BCUT2D eigenvalue weighted by Gasteiger charge is -2.12. The van der Waals surface area contributed by atoms with E-state index in [1.807, 2.05) is 27.7 Å². The van der Waals surface area contributed by atoms with Crippen molar-refractivity contribution in [3.05, 3.63) is 0 Å². The Morgan fingerprint density at radius 2 is 1.92 bits per heavy atom. The number of hydrogen-bond donors (Lipinski definition) is 2. The summed E-state index contributed by atoms with van der Waals surface area (Å²) in [7, 11) is 0. The van der Waals surface area contributed by atoms with Gasteiger partial charge in [-0.25, -0.2) is 0 Å². The van der Waals surface area contributed by atoms with Gasteiger partial charge in [-0.15, -0.1) is 0 Å². The molecule has 0 radical (unpaired) electrons. The molecule has 0 heterocycles. The molecule has 4 heteroatoms. The van der Waals surface area contributed by atoms with Crippen LogP contribution in [0.4, 0.5) is 0 Å². The average Bonchev–Trinajstić information content (AvgIpc) is 1.80. The lowest BCUT2D eigenvalue weighted by molar-refractivity contribution is -0.135. The average molecular weight is 186 g/mol. The molecule has 0 aliphatic rings. The Hall–Kier alpha value is -1.06.